The van der Waals surface area contributed by atoms with Gasteiger partial charge in [0.1, 0.15) is 6.04 Å². The largest absolute Gasteiger partial charge is 0.493 e. The molecule has 0 aliphatic heterocycles. The Kier molecular flexibility index (Phi) is 6.10. The number of anilines is 2. The van der Waals surface area contributed by atoms with Crippen LogP contribution in [-0.2, 0) is 14.8 Å². The number of rotatable bonds is 7. The summed E-state index contributed by atoms with van der Waals surface area (Å²) in [6, 6.07) is 12.5. The SMILES string of the molecule is COc1ccc(NC(=O)[C@@H](C)N(c2ccccc2)S(C)(=O)=O)cc1OC. The smallest absolute Gasteiger partial charge is 0.247 e. The van der Waals surface area contributed by atoms with E-state index in [9.17, 15) is 13.2 Å². The molecule has 0 saturated heterocycles. The molecule has 0 heterocycles. The normalized spacial score (nSPS) is 12.2. The van der Waals surface area contributed by atoms with Gasteiger partial charge in [0.15, 0.2) is 11.5 Å². The predicted octanol–water partition coefficient (Wildman–Crippen LogP) is 2.50. The van der Waals surface area contributed by atoms with Gasteiger partial charge in [0.05, 0.1) is 26.2 Å². The molecule has 0 aromatic heterocycles. The summed E-state index contributed by atoms with van der Waals surface area (Å²) in [6.45, 7) is 1.53. The van der Waals surface area contributed by atoms with Crippen LogP contribution >= 0.6 is 0 Å². The molecule has 0 aliphatic carbocycles. The fraction of sp³-hybridized carbons (Fsp3) is 0.278. The highest BCUT2D eigenvalue weighted by Crippen LogP contribution is 2.30. The summed E-state index contributed by atoms with van der Waals surface area (Å²) in [7, 11) is -0.641. The Balaban J connectivity index is 2.27. The van der Waals surface area contributed by atoms with Crippen LogP contribution in [0.25, 0.3) is 0 Å². The highest BCUT2D eigenvalue weighted by Gasteiger charge is 2.29. The van der Waals surface area contributed by atoms with Gasteiger partial charge in [-0.2, -0.15) is 0 Å². The molecule has 8 heteroatoms. The van der Waals surface area contributed by atoms with E-state index in [1.807, 2.05) is 0 Å². The van der Waals surface area contributed by atoms with E-state index >= 15 is 0 Å². The maximum absolute atomic E-state index is 12.6. The third-order valence-corrected chi connectivity index (χ3v) is 4.99. The maximum Gasteiger partial charge on any atom is 0.247 e. The minimum absolute atomic E-state index is 0.421. The Morgan fingerprint density at radius 3 is 2.19 bits per heavy atom. The maximum atomic E-state index is 12.6. The average molecular weight is 378 g/mol. The summed E-state index contributed by atoms with van der Waals surface area (Å²) in [4.78, 5) is 12.6. The fourth-order valence-electron chi connectivity index (χ4n) is 2.54. The molecule has 1 N–H and O–H groups in total. The van der Waals surface area contributed by atoms with Crippen molar-refractivity contribution >= 4 is 27.3 Å². The molecule has 0 bridgehead atoms. The molecular formula is C18H22N2O5S. The molecule has 2 aromatic rings. The quantitative estimate of drug-likeness (QED) is 0.800. The van der Waals surface area contributed by atoms with Crippen molar-refractivity contribution in [3.8, 4) is 11.5 Å². The molecule has 1 amide bonds. The number of carbonyl (C=O) groups is 1. The van der Waals surface area contributed by atoms with Crippen molar-refractivity contribution in [3.05, 3.63) is 48.5 Å². The average Bonchev–Trinajstić information content (AvgIpc) is 2.61. The van der Waals surface area contributed by atoms with Gasteiger partial charge in [0.25, 0.3) is 0 Å². The summed E-state index contributed by atoms with van der Waals surface area (Å²) in [5.41, 5.74) is 0.894. The number of carbonyl (C=O) groups excluding carboxylic acids is 1. The third kappa shape index (κ3) is 4.45. The van der Waals surface area contributed by atoms with Gasteiger partial charge in [-0.3, -0.25) is 9.10 Å². The summed E-state index contributed by atoms with van der Waals surface area (Å²) < 4.78 is 35.9. The lowest BCUT2D eigenvalue weighted by Crippen LogP contribution is -2.45. The van der Waals surface area contributed by atoms with Crippen LogP contribution < -0.4 is 19.1 Å². The Morgan fingerprint density at radius 2 is 1.65 bits per heavy atom. The van der Waals surface area contributed by atoms with E-state index in [1.54, 1.807) is 48.5 Å². The zero-order chi connectivity index (χ0) is 19.3. The van der Waals surface area contributed by atoms with Crippen LogP contribution in [0.5, 0.6) is 11.5 Å². The minimum Gasteiger partial charge on any atom is -0.493 e. The number of hydrogen-bond donors (Lipinski definition) is 1. The molecule has 1 atom stereocenters. The zero-order valence-electron chi connectivity index (χ0n) is 15.1. The van der Waals surface area contributed by atoms with Gasteiger partial charge in [-0.25, -0.2) is 8.42 Å². The molecular weight excluding hydrogens is 356 g/mol. The zero-order valence-corrected chi connectivity index (χ0v) is 15.9. The molecule has 0 aliphatic rings. The summed E-state index contributed by atoms with van der Waals surface area (Å²) in [6.07, 6.45) is 1.07. The molecule has 0 saturated carbocycles. The Labute approximate surface area is 153 Å². The molecule has 0 spiro atoms. The van der Waals surface area contributed by atoms with Crippen LogP contribution in [0.2, 0.25) is 0 Å². The van der Waals surface area contributed by atoms with E-state index in [2.05, 4.69) is 5.32 Å². The molecule has 7 nitrogen and oxygen atoms in total. The number of para-hydroxylation sites is 1. The van der Waals surface area contributed by atoms with Crippen molar-refractivity contribution in [2.24, 2.45) is 0 Å². The second-order valence-electron chi connectivity index (χ2n) is 5.63. The first-order valence-electron chi connectivity index (χ1n) is 7.85. The predicted molar refractivity (Wildman–Crippen MR) is 101 cm³/mol. The lowest BCUT2D eigenvalue weighted by Gasteiger charge is -2.28. The van der Waals surface area contributed by atoms with Crippen molar-refractivity contribution in [1.29, 1.82) is 0 Å². The van der Waals surface area contributed by atoms with Gasteiger partial charge in [-0.15, -0.1) is 0 Å². The van der Waals surface area contributed by atoms with Gasteiger partial charge < -0.3 is 14.8 Å². The van der Waals surface area contributed by atoms with Crippen LogP contribution in [0.3, 0.4) is 0 Å². The van der Waals surface area contributed by atoms with Gasteiger partial charge >= 0.3 is 0 Å². The molecule has 0 unspecified atom stereocenters. The van der Waals surface area contributed by atoms with E-state index in [0.29, 0.717) is 22.9 Å². The number of nitrogens with zero attached hydrogens (tertiary/aromatic N) is 1. The first kappa shape index (κ1) is 19.6. The number of sulfonamides is 1. The van der Waals surface area contributed by atoms with E-state index in [0.717, 1.165) is 10.6 Å². The summed E-state index contributed by atoms with van der Waals surface area (Å²) >= 11 is 0. The fourth-order valence-corrected chi connectivity index (χ4v) is 3.72. The Hall–Kier alpha value is -2.74. The van der Waals surface area contributed by atoms with Gasteiger partial charge in [-0.05, 0) is 31.2 Å². The van der Waals surface area contributed by atoms with Crippen molar-refractivity contribution in [1.82, 2.24) is 0 Å². The number of nitrogens with one attached hydrogen (secondary N) is 1. The van der Waals surface area contributed by atoms with Crippen LogP contribution in [0.4, 0.5) is 11.4 Å². The number of ether oxygens (including phenoxy) is 2. The van der Waals surface area contributed by atoms with Crippen molar-refractivity contribution in [2.75, 3.05) is 30.1 Å². The first-order chi connectivity index (χ1) is 12.3. The van der Waals surface area contributed by atoms with Crippen LogP contribution in [0.15, 0.2) is 48.5 Å². The standard InChI is InChI=1S/C18H22N2O5S/c1-13(20(26(4,22)23)15-8-6-5-7-9-15)18(21)19-14-10-11-16(24-2)17(12-14)25-3/h5-13H,1-4H3,(H,19,21)/t13-/m1/s1. The van der Waals surface area contributed by atoms with Crippen molar-refractivity contribution in [3.63, 3.8) is 0 Å². The van der Waals surface area contributed by atoms with E-state index in [1.165, 1.54) is 21.1 Å². The number of amides is 1. The topological polar surface area (TPSA) is 84.9 Å². The van der Waals surface area contributed by atoms with E-state index in [-0.39, 0.29) is 0 Å². The molecule has 140 valence electrons. The molecule has 2 rings (SSSR count). The molecule has 0 fully saturated rings. The highest BCUT2D eigenvalue weighted by molar-refractivity contribution is 7.92. The second-order valence-corrected chi connectivity index (χ2v) is 7.49. The highest BCUT2D eigenvalue weighted by atomic mass is 32.2. The molecule has 2 aromatic carbocycles. The third-order valence-electron chi connectivity index (χ3n) is 3.75. The lowest BCUT2D eigenvalue weighted by molar-refractivity contribution is -0.116. The van der Waals surface area contributed by atoms with E-state index in [4.69, 9.17) is 9.47 Å². The Morgan fingerprint density at radius 1 is 1.04 bits per heavy atom. The molecule has 26 heavy (non-hydrogen) atoms. The van der Waals surface area contributed by atoms with Crippen LogP contribution in [0.1, 0.15) is 6.92 Å². The summed E-state index contributed by atoms with van der Waals surface area (Å²) in [5.74, 6) is 0.521. The van der Waals surface area contributed by atoms with Crippen LogP contribution in [0, 0.1) is 0 Å². The monoisotopic (exact) mass is 378 g/mol. The van der Waals surface area contributed by atoms with Crippen molar-refractivity contribution in [2.45, 2.75) is 13.0 Å². The second kappa shape index (κ2) is 8.09. The lowest BCUT2D eigenvalue weighted by atomic mass is 10.2. The van der Waals surface area contributed by atoms with Gasteiger partial charge in [-0.1, -0.05) is 18.2 Å². The first-order valence-corrected chi connectivity index (χ1v) is 9.70. The van der Waals surface area contributed by atoms with Gasteiger partial charge in [0, 0.05) is 11.8 Å². The number of hydrogen-bond acceptors (Lipinski definition) is 5. The van der Waals surface area contributed by atoms with Crippen LogP contribution in [-0.4, -0.2) is 40.8 Å². The Bertz CT molecular complexity index is 868. The summed E-state index contributed by atoms with van der Waals surface area (Å²) in [5, 5.41) is 2.71. The minimum atomic E-state index is -3.65. The van der Waals surface area contributed by atoms with E-state index < -0.39 is 22.0 Å². The number of benzene rings is 2. The van der Waals surface area contributed by atoms with Crippen molar-refractivity contribution < 1.29 is 22.7 Å². The number of methoxy groups -OCH3 is 2. The van der Waals surface area contributed by atoms with Gasteiger partial charge in [0.2, 0.25) is 15.9 Å². The molecule has 0 radical (unpaired) electrons.